The minimum atomic E-state index is -0.113. The summed E-state index contributed by atoms with van der Waals surface area (Å²) in [5, 5.41) is 1.80. The summed E-state index contributed by atoms with van der Waals surface area (Å²) >= 11 is 1.36. The van der Waals surface area contributed by atoms with Crippen LogP contribution in [0.2, 0.25) is 0 Å². The molecule has 0 saturated heterocycles. The first-order valence-corrected chi connectivity index (χ1v) is 6.57. The summed E-state index contributed by atoms with van der Waals surface area (Å²) in [5.74, 6) is -0.218. The standard InChI is InChI=1S/C12H15NO2S/c1-2-3-4-5-7-13-11(14)9-6-8-16-10(9)12(13)15/h6,8H,2-5,7H2,1H3. The number of carbonyl (C=O) groups is 2. The van der Waals surface area contributed by atoms with Gasteiger partial charge in [-0.3, -0.25) is 14.5 Å². The summed E-state index contributed by atoms with van der Waals surface area (Å²) in [7, 11) is 0. The zero-order chi connectivity index (χ0) is 11.5. The van der Waals surface area contributed by atoms with Crippen molar-refractivity contribution < 1.29 is 9.59 Å². The molecule has 0 aliphatic carbocycles. The van der Waals surface area contributed by atoms with Gasteiger partial charge < -0.3 is 0 Å². The lowest BCUT2D eigenvalue weighted by Gasteiger charge is -2.13. The van der Waals surface area contributed by atoms with Gasteiger partial charge in [-0.05, 0) is 17.9 Å². The molecule has 0 N–H and O–H groups in total. The summed E-state index contributed by atoms with van der Waals surface area (Å²) in [4.78, 5) is 25.7. The van der Waals surface area contributed by atoms with Gasteiger partial charge in [0, 0.05) is 6.54 Å². The minimum absolute atomic E-state index is 0.105. The predicted molar refractivity (Wildman–Crippen MR) is 63.8 cm³/mol. The van der Waals surface area contributed by atoms with Crippen molar-refractivity contribution in [3.63, 3.8) is 0 Å². The van der Waals surface area contributed by atoms with Crippen LogP contribution in [0.25, 0.3) is 0 Å². The van der Waals surface area contributed by atoms with Gasteiger partial charge in [-0.1, -0.05) is 26.2 Å². The third-order valence-electron chi connectivity index (χ3n) is 2.82. The summed E-state index contributed by atoms with van der Waals surface area (Å²) in [6.45, 7) is 2.71. The van der Waals surface area contributed by atoms with Crippen LogP contribution in [-0.2, 0) is 0 Å². The number of amides is 2. The Morgan fingerprint density at radius 2 is 2.00 bits per heavy atom. The molecule has 3 nitrogen and oxygen atoms in total. The molecule has 2 heterocycles. The lowest BCUT2D eigenvalue weighted by molar-refractivity contribution is 0.0653. The van der Waals surface area contributed by atoms with E-state index in [-0.39, 0.29) is 11.8 Å². The van der Waals surface area contributed by atoms with E-state index in [9.17, 15) is 9.59 Å². The van der Waals surface area contributed by atoms with Crippen LogP contribution >= 0.6 is 11.3 Å². The number of carbonyl (C=O) groups excluding carboxylic acids is 2. The molecule has 0 aromatic carbocycles. The molecule has 0 bridgehead atoms. The van der Waals surface area contributed by atoms with Crippen LogP contribution in [0.4, 0.5) is 0 Å². The summed E-state index contributed by atoms with van der Waals surface area (Å²) in [6, 6.07) is 1.74. The summed E-state index contributed by atoms with van der Waals surface area (Å²) < 4.78 is 0. The van der Waals surface area contributed by atoms with Gasteiger partial charge >= 0.3 is 0 Å². The zero-order valence-corrected chi connectivity index (χ0v) is 10.2. The number of thiophene rings is 1. The van der Waals surface area contributed by atoms with E-state index in [1.165, 1.54) is 16.2 Å². The largest absolute Gasteiger partial charge is 0.274 e. The van der Waals surface area contributed by atoms with Crippen molar-refractivity contribution in [3.05, 3.63) is 21.9 Å². The Labute approximate surface area is 99.1 Å². The molecule has 2 rings (SSSR count). The normalized spacial score (nSPS) is 14.7. The molecule has 1 aliphatic heterocycles. The average molecular weight is 237 g/mol. The van der Waals surface area contributed by atoms with E-state index in [0.717, 1.165) is 25.7 Å². The fraction of sp³-hybridized carbons (Fsp3) is 0.500. The molecule has 0 saturated carbocycles. The maximum atomic E-state index is 11.8. The Balaban J connectivity index is 1.96. The van der Waals surface area contributed by atoms with Crippen LogP contribution in [0, 0.1) is 0 Å². The predicted octanol–water partition coefficient (Wildman–Crippen LogP) is 2.92. The molecule has 86 valence electrons. The Morgan fingerprint density at radius 3 is 2.69 bits per heavy atom. The van der Waals surface area contributed by atoms with E-state index < -0.39 is 0 Å². The fourth-order valence-corrected chi connectivity index (χ4v) is 2.74. The Kier molecular flexibility index (Phi) is 3.39. The van der Waals surface area contributed by atoms with Crippen LogP contribution in [-0.4, -0.2) is 23.3 Å². The highest BCUT2D eigenvalue weighted by atomic mass is 32.1. The third-order valence-corrected chi connectivity index (χ3v) is 3.72. The molecular formula is C12H15NO2S. The number of hydrogen-bond donors (Lipinski definition) is 0. The van der Waals surface area contributed by atoms with E-state index in [4.69, 9.17) is 0 Å². The first kappa shape index (κ1) is 11.3. The van der Waals surface area contributed by atoms with Gasteiger partial charge in [0.1, 0.15) is 4.88 Å². The molecule has 0 atom stereocenters. The first-order chi connectivity index (χ1) is 7.75. The highest BCUT2D eigenvalue weighted by Crippen LogP contribution is 2.27. The molecule has 0 spiro atoms. The molecule has 4 heteroatoms. The molecule has 16 heavy (non-hydrogen) atoms. The molecule has 0 unspecified atom stereocenters. The van der Waals surface area contributed by atoms with Crippen molar-refractivity contribution in [2.75, 3.05) is 6.54 Å². The van der Waals surface area contributed by atoms with Crippen molar-refractivity contribution in [2.24, 2.45) is 0 Å². The molecule has 1 aromatic heterocycles. The van der Waals surface area contributed by atoms with Crippen LogP contribution in [0.3, 0.4) is 0 Å². The van der Waals surface area contributed by atoms with Crippen molar-refractivity contribution in [1.29, 1.82) is 0 Å². The second kappa shape index (κ2) is 4.78. The Bertz CT molecular complexity index is 380. The first-order valence-electron chi connectivity index (χ1n) is 5.69. The Hall–Kier alpha value is -1.16. The zero-order valence-electron chi connectivity index (χ0n) is 9.36. The van der Waals surface area contributed by atoms with Crippen LogP contribution in [0.5, 0.6) is 0 Å². The van der Waals surface area contributed by atoms with E-state index >= 15 is 0 Å². The van der Waals surface area contributed by atoms with Crippen molar-refractivity contribution in [3.8, 4) is 0 Å². The van der Waals surface area contributed by atoms with Crippen LogP contribution in [0.1, 0.15) is 52.6 Å². The van der Waals surface area contributed by atoms with Crippen LogP contribution < -0.4 is 0 Å². The quantitative estimate of drug-likeness (QED) is 0.583. The topological polar surface area (TPSA) is 37.4 Å². The van der Waals surface area contributed by atoms with Crippen molar-refractivity contribution in [1.82, 2.24) is 4.90 Å². The average Bonchev–Trinajstić information content (AvgIpc) is 2.83. The minimum Gasteiger partial charge on any atom is -0.274 e. The Morgan fingerprint density at radius 1 is 1.19 bits per heavy atom. The molecule has 2 amide bonds. The molecule has 1 aliphatic rings. The molecule has 1 aromatic rings. The van der Waals surface area contributed by atoms with Crippen molar-refractivity contribution in [2.45, 2.75) is 32.6 Å². The maximum Gasteiger partial charge on any atom is 0.271 e. The van der Waals surface area contributed by atoms with Gasteiger partial charge in [0.15, 0.2) is 0 Å². The second-order valence-electron chi connectivity index (χ2n) is 3.99. The fourth-order valence-electron chi connectivity index (χ4n) is 1.90. The smallest absolute Gasteiger partial charge is 0.271 e. The molecule has 0 radical (unpaired) electrons. The third kappa shape index (κ3) is 1.89. The van der Waals surface area contributed by atoms with Gasteiger partial charge in [-0.25, -0.2) is 0 Å². The van der Waals surface area contributed by atoms with Gasteiger partial charge in [-0.15, -0.1) is 11.3 Å². The number of nitrogens with zero attached hydrogens (tertiary/aromatic N) is 1. The SMILES string of the molecule is CCCCCCN1C(=O)c2ccsc2C1=O. The van der Waals surface area contributed by atoms with Gasteiger partial charge in [0.2, 0.25) is 0 Å². The number of hydrogen-bond acceptors (Lipinski definition) is 3. The number of imide groups is 1. The second-order valence-corrected chi connectivity index (χ2v) is 4.90. The van der Waals surface area contributed by atoms with Gasteiger partial charge in [0.05, 0.1) is 5.56 Å². The van der Waals surface area contributed by atoms with E-state index in [1.807, 2.05) is 0 Å². The van der Waals surface area contributed by atoms with Crippen molar-refractivity contribution >= 4 is 23.2 Å². The monoisotopic (exact) mass is 237 g/mol. The summed E-state index contributed by atoms with van der Waals surface area (Å²) in [5.41, 5.74) is 0.588. The van der Waals surface area contributed by atoms with Gasteiger partial charge in [-0.2, -0.15) is 0 Å². The summed E-state index contributed by atoms with van der Waals surface area (Å²) in [6.07, 6.45) is 4.33. The van der Waals surface area contributed by atoms with E-state index in [0.29, 0.717) is 17.0 Å². The highest BCUT2D eigenvalue weighted by Gasteiger charge is 2.35. The number of fused-ring (bicyclic) bond motifs is 1. The highest BCUT2D eigenvalue weighted by molar-refractivity contribution is 7.12. The lowest BCUT2D eigenvalue weighted by Crippen LogP contribution is -2.30. The number of rotatable bonds is 5. The van der Waals surface area contributed by atoms with Gasteiger partial charge in [0.25, 0.3) is 11.8 Å². The number of unbranched alkanes of at least 4 members (excludes halogenated alkanes) is 3. The van der Waals surface area contributed by atoms with E-state index in [2.05, 4.69) is 6.92 Å². The lowest BCUT2D eigenvalue weighted by atomic mass is 10.2. The van der Waals surface area contributed by atoms with E-state index in [1.54, 1.807) is 11.4 Å². The maximum absolute atomic E-state index is 11.8. The molecular weight excluding hydrogens is 222 g/mol. The van der Waals surface area contributed by atoms with Crippen LogP contribution in [0.15, 0.2) is 11.4 Å². The molecule has 0 fully saturated rings.